The van der Waals surface area contributed by atoms with Crippen molar-refractivity contribution >= 4 is 17.9 Å². The molecule has 8 heteroatoms. The molecule has 0 saturated carbocycles. The molecule has 0 aliphatic rings. The maximum Gasteiger partial charge on any atom is 0.362 e. The Morgan fingerprint density at radius 1 is 0.484 bits per heavy atom. The number of carbonyl (C=O) groups is 3. The highest BCUT2D eigenvalue weighted by molar-refractivity contribution is 5.72. The van der Waals surface area contributed by atoms with Crippen molar-refractivity contribution in [3.63, 3.8) is 0 Å². The highest BCUT2D eigenvalue weighted by Gasteiger charge is 2.31. The summed E-state index contributed by atoms with van der Waals surface area (Å²) in [5.74, 6) is -1.51. The Balaban J connectivity index is 4.31. The molecule has 368 valence electrons. The average molecular weight is 897 g/mol. The van der Waals surface area contributed by atoms with Gasteiger partial charge in [0.25, 0.3) is 0 Å². The number of nitrogens with zero attached hydrogens (tertiary/aromatic N) is 1. The summed E-state index contributed by atoms with van der Waals surface area (Å²) >= 11 is 0. The largest absolute Gasteiger partial charge is 0.477 e. The van der Waals surface area contributed by atoms with Gasteiger partial charge < -0.3 is 23.8 Å². The summed E-state index contributed by atoms with van der Waals surface area (Å²) in [6.45, 7) is 4.60. The molecule has 2 unspecified atom stereocenters. The summed E-state index contributed by atoms with van der Waals surface area (Å²) in [4.78, 5) is 37.2. The predicted octanol–water partition coefficient (Wildman–Crippen LogP) is 15.1. The van der Waals surface area contributed by atoms with E-state index in [0.29, 0.717) is 19.3 Å². The fraction of sp³-hybridized carbons (Fsp3) is 0.732. The summed E-state index contributed by atoms with van der Waals surface area (Å²) in [7, 11) is 5.52. The van der Waals surface area contributed by atoms with Crippen LogP contribution in [-0.4, -0.2) is 80.6 Å². The number of hydrogen-bond donors (Lipinski definition) is 1. The van der Waals surface area contributed by atoms with Gasteiger partial charge in [0.15, 0.2) is 12.1 Å². The Morgan fingerprint density at radius 3 is 1.33 bits per heavy atom. The van der Waals surface area contributed by atoms with Gasteiger partial charge >= 0.3 is 17.9 Å². The van der Waals surface area contributed by atoms with Gasteiger partial charge in [-0.05, 0) is 83.5 Å². The first kappa shape index (κ1) is 60.8. The SMILES string of the molecule is CC/C=C/C/C=C/C/C=C/C/C=C/C/C=C/CCCCCC(=O)OCC(COCCC(C(=O)O)[N+](C)(C)C)OC(=O)CCCCCCCCC/C=C/CCCCCCCCCCCC. The molecular formula is C56H98NO7+. The van der Waals surface area contributed by atoms with Crippen molar-refractivity contribution < 1.29 is 38.2 Å². The first-order valence-corrected chi connectivity index (χ1v) is 26.0. The van der Waals surface area contributed by atoms with E-state index in [2.05, 4.69) is 86.8 Å². The van der Waals surface area contributed by atoms with E-state index in [1.807, 2.05) is 21.1 Å². The van der Waals surface area contributed by atoms with Crippen LogP contribution in [0.15, 0.2) is 72.9 Å². The minimum absolute atomic E-state index is 0.0459. The van der Waals surface area contributed by atoms with E-state index in [4.69, 9.17) is 14.2 Å². The van der Waals surface area contributed by atoms with Crippen molar-refractivity contribution in [2.24, 2.45) is 0 Å². The molecule has 0 aromatic carbocycles. The molecule has 0 aromatic rings. The predicted molar refractivity (Wildman–Crippen MR) is 270 cm³/mol. The number of esters is 2. The molecule has 64 heavy (non-hydrogen) atoms. The van der Waals surface area contributed by atoms with Gasteiger partial charge in [-0.15, -0.1) is 0 Å². The minimum Gasteiger partial charge on any atom is -0.477 e. The number of hydrogen-bond acceptors (Lipinski definition) is 6. The Morgan fingerprint density at radius 2 is 0.875 bits per heavy atom. The van der Waals surface area contributed by atoms with Crippen LogP contribution >= 0.6 is 0 Å². The number of unbranched alkanes of at least 4 members (excludes halogenated alkanes) is 20. The van der Waals surface area contributed by atoms with Crippen LogP contribution in [-0.2, 0) is 28.6 Å². The molecule has 1 N–H and O–H groups in total. The van der Waals surface area contributed by atoms with Crippen molar-refractivity contribution in [2.45, 2.75) is 225 Å². The van der Waals surface area contributed by atoms with Crippen LogP contribution < -0.4 is 0 Å². The molecule has 2 atom stereocenters. The molecule has 0 heterocycles. The second-order valence-corrected chi connectivity index (χ2v) is 18.4. The fourth-order valence-electron chi connectivity index (χ4n) is 7.35. The van der Waals surface area contributed by atoms with Crippen LogP contribution in [0.5, 0.6) is 0 Å². The molecule has 0 rings (SSSR count). The monoisotopic (exact) mass is 897 g/mol. The van der Waals surface area contributed by atoms with Crippen LogP contribution in [0.2, 0.25) is 0 Å². The molecule has 0 bridgehead atoms. The second kappa shape index (κ2) is 46.3. The highest BCUT2D eigenvalue weighted by atomic mass is 16.6. The van der Waals surface area contributed by atoms with Gasteiger partial charge in [0.05, 0.1) is 34.4 Å². The van der Waals surface area contributed by atoms with E-state index in [9.17, 15) is 19.5 Å². The number of likely N-dealkylation sites (N-methyl/N-ethyl adjacent to an activating group) is 1. The highest BCUT2D eigenvalue weighted by Crippen LogP contribution is 2.15. The topological polar surface area (TPSA) is 99.1 Å². The third-order valence-corrected chi connectivity index (χ3v) is 11.3. The van der Waals surface area contributed by atoms with Crippen LogP contribution in [0.1, 0.15) is 213 Å². The summed E-state index contributed by atoms with van der Waals surface area (Å²) < 4.78 is 17.3. The first-order valence-electron chi connectivity index (χ1n) is 26.0. The van der Waals surface area contributed by atoms with E-state index in [1.165, 1.54) is 103 Å². The van der Waals surface area contributed by atoms with Crippen LogP contribution in [0.4, 0.5) is 0 Å². The zero-order valence-corrected chi connectivity index (χ0v) is 42.0. The Hall–Kier alpha value is -3.23. The summed E-state index contributed by atoms with van der Waals surface area (Å²) in [5.41, 5.74) is 0. The Labute approximate surface area is 393 Å². The second-order valence-electron chi connectivity index (χ2n) is 18.4. The lowest BCUT2D eigenvalue weighted by atomic mass is 10.1. The number of aliphatic carboxylic acids is 1. The van der Waals surface area contributed by atoms with Crippen molar-refractivity contribution in [3.8, 4) is 0 Å². The maximum absolute atomic E-state index is 12.8. The quantitative estimate of drug-likeness (QED) is 0.0281. The number of rotatable bonds is 46. The zero-order chi connectivity index (χ0) is 47.0. The van der Waals surface area contributed by atoms with Gasteiger partial charge in [-0.2, -0.15) is 0 Å². The third kappa shape index (κ3) is 44.0. The van der Waals surface area contributed by atoms with Gasteiger partial charge in [0, 0.05) is 19.3 Å². The number of carboxylic acids is 1. The number of quaternary nitrogens is 1. The molecule has 8 nitrogen and oxygen atoms in total. The first-order chi connectivity index (χ1) is 31.1. The van der Waals surface area contributed by atoms with E-state index in [-0.39, 0.29) is 36.2 Å². The van der Waals surface area contributed by atoms with Crippen LogP contribution in [0.25, 0.3) is 0 Å². The van der Waals surface area contributed by atoms with Crippen LogP contribution in [0, 0.1) is 0 Å². The molecule has 0 aromatic heterocycles. The molecular weight excluding hydrogens is 799 g/mol. The van der Waals surface area contributed by atoms with E-state index >= 15 is 0 Å². The number of carbonyl (C=O) groups excluding carboxylic acids is 2. The summed E-state index contributed by atoms with van der Waals surface area (Å²) in [6, 6.07) is -0.624. The molecule has 0 saturated heterocycles. The minimum atomic E-state index is -0.881. The average Bonchev–Trinajstić information content (AvgIpc) is 3.26. The Bertz CT molecular complexity index is 1270. The van der Waals surface area contributed by atoms with Gasteiger partial charge in [-0.25, -0.2) is 4.79 Å². The van der Waals surface area contributed by atoms with E-state index < -0.39 is 18.1 Å². The van der Waals surface area contributed by atoms with Gasteiger partial charge in [-0.3, -0.25) is 9.59 Å². The van der Waals surface area contributed by atoms with Crippen LogP contribution in [0.3, 0.4) is 0 Å². The molecule has 0 aliphatic carbocycles. The van der Waals surface area contributed by atoms with Gasteiger partial charge in [-0.1, -0.05) is 183 Å². The zero-order valence-electron chi connectivity index (χ0n) is 42.0. The third-order valence-electron chi connectivity index (χ3n) is 11.3. The summed E-state index contributed by atoms with van der Waals surface area (Å²) in [5, 5.41) is 9.66. The van der Waals surface area contributed by atoms with Crippen molar-refractivity contribution in [1.29, 1.82) is 0 Å². The molecule has 0 radical (unpaired) electrons. The normalized spacial score (nSPS) is 13.5. The number of allylic oxidation sites excluding steroid dienone is 12. The lowest BCUT2D eigenvalue weighted by Crippen LogP contribution is -2.50. The lowest BCUT2D eigenvalue weighted by Gasteiger charge is -2.31. The van der Waals surface area contributed by atoms with Gasteiger partial charge in [0.1, 0.15) is 6.61 Å². The lowest BCUT2D eigenvalue weighted by molar-refractivity contribution is -0.887. The van der Waals surface area contributed by atoms with Crippen molar-refractivity contribution in [2.75, 3.05) is 41.0 Å². The molecule has 0 aliphatic heterocycles. The standard InChI is InChI=1S/C56H97NO7/c1-6-8-10-12-14-16-18-20-22-24-26-27-29-31-33-35-37-39-41-43-45-47-55(59)64-52(50-62-49-48-53(56(60)61)57(3,4)5)51-63-54(58)46-44-42-40-38-36-34-32-30-28-25-23-21-19-17-15-13-11-9-7-2/h9,11,15,17,21,23,27-30,34,36,52-53H,6-8,10,12-14,16,18-20,22,24-26,31-33,35,37-51H2,1-5H3/p+1/b11-9+,17-15+,23-21+,29-27+,30-28+,36-34+. The summed E-state index contributed by atoms with van der Waals surface area (Å²) in [6.07, 6.45) is 59.5. The fourth-order valence-corrected chi connectivity index (χ4v) is 7.35. The van der Waals surface area contributed by atoms with Crippen molar-refractivity contribution in [1.82, 2.24) is 0 Å². The number of ether oxygens (including phenoxy) is 3. The Kier molecular flexibility index (Phi) is 44.0. The van der Waals surface area contributed by atoms with E-state index in [0.717, 1.165) is 77.0 Å². The molecule has 0 fully saturated rings. The molecule has 0 spiro atoms. The van der Waals surface area contributed by atoms with Gasteiger partial charge in [0.2, 0.25) is 0 Å². The smallest absolute Gasteiger partial charge is 0.362 e. The van der Waals surface area contributed by atoms with Crippen molar-refractivity contribution in [3.05, 3.63) is 72.9 Å². The molecule has 0 amide bonds. The maximum atomic E-state index is 12.8. The number of carboxylic acid groups (broad SMARTS) is 1. The van der Waals surface area contributed by atoms with E-state index in [1.54, 1.807) is 0 Å².